The van der Waals surface area contributed by atoms with Gasteiger partial charge in [0.05, 0.1) is 18.7 Å². The number of pyridine rings is 1. The van der Waals surface area contributed by atoms with Gasteiger partial charge in [0.25, 0.3) is 0 Å². The van der Waals surface area contributed by atoms with Crippen molar-refractivity contribution in [1.82, 2.24) is 14.8 Å². The Morgan fingerprint density at radius 3 is 2.76 bits per heavy atom. The smallest absolute Gasteiger partial charge is 0.384 e. The maximum Gasteiger partial charge on any atom is 0.391 e. The van der Waals surface area contributed by atoms with Crippen molar-refractivity contribution in [3.05, 3.63) is 18.3 Å². The molecule has 7 heteroatoms. The van der Waals surface area contributed by atoms with Crippen molar-refractivity contribution in [2.24, 2.45) is 0 Å². The number of rotatable bonds is 2. The third-order valence-corrected chi connectivity index (χ3v) is 2.41. The Labute approximate surface area is 95.2 Å². The molecule has 0 aliphatic carbocycles. The predicted molar refractivity (Wildman–Crippen MR) is 57.3 cm³/mol. The molecule has 2 heterocycles. The fourth-order valence-electron chi connectivity index (χ4n) is 1.68. The highest BCUT2D eigenvalue weighted by atomic mass is 19.4. The monoisotopic (exact) mass is 244 g/mol. The number of nitrogens with zero attached hydrogens (tertiary/aromatic N) is 3. The van der Waals surface area contributed by atoms with Crippen molar-refractivity contribution in [2.45, 2.75) is 25.6 Å². The minimum atomic E-state index is -4.22. The first kappa shape index (κ1) is 11.7. The highest BCUT2D eigenvalue weighted by Gasteiger charge is 2.31. The van der Waals surface area contributed by atoms with Crippen LogP contribution >= 0.6 is 0 Å². The molecule has 2 aromatic rings. The van der Waals surface area contributed by atoms with E-state index >= 15 is 0 Å². The van der Waals surface area contributed by atoms with Gasteiger partial charge in [-0.25, -0.2) is 9.67 Å². The summed E-state index contributed by atoms with van der Waals surface area (Å²) in [5.41, 5.74) is 5.88. The zero-order valence-corrected chi connectivity index (χ0v) is 9.07. The van der Waals surface area contributed by atoms with E-state index in [1.807, 2.05) is 0 Å². The molecule has 0 saturated heterocycles. The number of alkyl halides is 3. The van der Waals surface area contributed by atoms with E-state index in [1.165, 1.54) is 17.8 Å². The first-order valence-electron chi connectivity index (χ1n) is 5.03. The van der Waals surface area contributed by atoms with Crippen molar-refractivity contribution < 1.29 is 13.2 Å². The molecule has 0 saturated carbocycles. The summed E-state index contributed by atoms with van der Waals surface area (Å²) >= 11 is 0. The van der Waals surface area contributed by atoms with Crippen LogP contribution < -0.4 is 5.73 Å². The Balaban J connectivity index is 2.38. The van der Waals surface area contributed by atoms with Crippen LogP contribution in [-0.2, 0) is 0 Å². The number of halogens is 3. The molecule has 1 atom stereocenters. The molecular weight excluding hydrogens is 233 g/mol. The second-order valence-electron chi connectivity index (χ2n) is 3.91. The van der Waals surface area contributed by atoms with E-state index < -0.39 is 18.6 Å². The highest BCUT2D eigenvalue weighted by molar-refractivity contribution is 5.76. The largest absolute Gasteiger partial charge is 0.391 e. The lowest BCUT2D eigenvalue weighted by Gasteiger charge is -2.15. The molecule has 17 heavy (non-hydrogen) atoms. The van der Waals surface area contributed by atoms with Crippen molar-refractivity contribution in [3.8, 4) is 0 Å². The minimum absolute atomic E-state index is 0.262. The van der Waals surface area contributed by atoms with Gasteiger partial charge in [-0.3, -0.25) is 0 Å². The lowest BCUT2D eigenvalue weighted by atomic mass is 10.2. The van der Waals surface area contributed by atoms with Crippen LogP contribution in [0.1, 0.15) is 19.4 Å². The SMILES string of the molecule is CC(CC(F)(F)F)n1ncc2ccc(N)nc21. The van der Waals surface area contributed by atoms with Crippen molar-refractivity contribution in [1.29, 1.82) is 0 Å². The van der Waals surface area contributed by atoms with Crippen LogP contribution in [0.25, 0.3) is 11.0 Å². The fraction of sp³-hybridized carbons (Fsp3) is 0.400. The van der Waals surface area contributed by atoms with E-state index in [0.29, 0.717) is 11.0 Å². The molecular formula is C10H11F3N4. The lowest BCUT2D eigenvalue weighted by molar-refractivity contribution is -0.142. The number of anilines is 1. The molecule has 0 bridgehead atoms. The molecule has 0 aromatic carbocycles. The second-order valence-corrected chi connectivity index (χ2v) is 3.91. The van der Waals surface area contributed by atoms with E-state index in [2.05, 4.69) is 10.1 Å². The molecule has 4 nitrogen and oxygen atoms in total. The molecule has 92 valence electrons. The van der Waals surface area contributed by atoms with Crippen LogP contribution in [0.3, 0.4) is 0 Å². The first-order chi connectivity index (χ1) is 7.87. The van der Waals surface area contributed by atoms with Crippen molar-refractivity contribution >= 4 is 16.9 Å². The van der Waals surface area contributed by atoms with Gasteiger partial charge in [0.1, 0.15) is 5.82 Å². The van der Waals surface area contributed by atoms with Crippen LogP contribution in [0.2, 0.25) is 0 Å². The number of aromatic nitrogens is 3. The second kappa shape index (κ2) is 3.90. The Hall–Kier alpha value is -1.79. The Bertz CT molecular complexity index is 532. The molecule has 0 radical (unpaired) electrons. The van der Waals surface area contributed by atoms with Crippen LogP contribution in [0, 0.1) is 0 Å². The van der Waals surface area contributed by atoms with Gasteiger partial charge in [-0.1, -0.05) is 0 Å². The van der Waals surface area contributed by atoms with Crippen LogP contribution in [0.5, 0.6) is 0 Å². The molecule has 2 rings (SSSR count). The maximum atomic E-state index is 12.3. The van der Waals surface area contributed by atoms with Crippen LogP contribution in [-0.4, -0.2) is 20.9 Å². The Morgan fingerprint density at radius 1 is 1.41 bits per heavy atom. The highest BCUT2D eigenvalue weighted by Crippen LogP contribution is 2.28. The lowest BCUT2D eigenvalue weighted by Crippen LogP contribution is -2.17. The Kier molecular flexibility index (Phi) is 2.68. The zero-order valence-electron chi connectivity index (χ0n) is 9.07. The van der Waals surface area contributed by atoms with E-state index in [4.69, 9.17) is 5.73 Å². The van der Waals surface area contributed by atoms with Gasteiger partial charge in [0.2, 0.25) is 0 Å². The summed E-state index contributed by atoms with van der Waals surface area (Å²) in [5, 5.41) is 4.59. The summed E-state index contributed by atoms with van der Waals surface area (Å²) in [6, 6.07) is 2.46. The number of fused-ring (bicyclic) bond motifs is 1. The summed E-state index contributed by atoms with van der Waals surface area (Å²) in [4.78, 5) is 4.00. The minimum Gasteiger partial charge on any atom is -0.384 e. The number of nitrogens with two attached hydrogens (primary N) is 1. The summed E-state index contributed by atoms with van der Waals surface area (Å²) in [6.07, 6.45) is -3.69. The maximum absolute atomic E-state index is 12.3. The zero-order chi connectivity index (χ0) is 12.6. The van der Waals surface area contributed by atoms with Crippen molar-refractivity contribution in [3.63, 3.8) is 0 Å². The number of hydrogen-bond acceptors (Lipinski definition) is 3. The van der Waals surface area contributed by atoms with E-state index in [9.17, 15) is 13.2 Å². The fourth-order valence-corrected chi connectivity index (χ4v) is 1.68. The molecule has 0 fully saturated rings. The summed E-state index contributed by atoms with van der Waals surface area (Å²) < 4.78 is 38.1. The van der Waals surface area contributed by atoms with Gasteiger partial charge in [-0.2, -0.15) is 18.3 Å². The van der Waals surface area contributed by atoms with E-state index in [-0.39, 0.29) is 5.82 Å². The van der Waals surface area contributed by atoms with E-state index in [1.54, 1.807) is 12.1 Å². The average molecular weight is 244 g/mol. The van der Waals surface area contributed by atoms with E-state index in [0.717, 1.165) is 0 Å². The predicted octanol–water partition coefficient (Wildman–Crippen LogP) is 2.53. The van der Waals surface area contributed by atoms with Crippen molar-refractivity contribution in [2.75, 3.05) is 5.73 Å². The van der Waals surface area contributed by atoms with Gasteiger partial charge in [-0.15, -0.1) is 0 Å². The topological polar surface area (TPSA) is 56.7 Å². The normalized spacial score (nSPS) is 14.1. The standard InChI is InChI=1S/C10H11F3N4/c1-6(4-10(11,12)13)17-9-7(5-15-17)2-3-8(14)16-9/h2-3,5-6H,4H2,1H3,(H2,14,16). The van der Waals surface area contributed by atoms with Gasteiger partial charge in [0.15, 0.2) is 5.65 Å². The first-order valence-corrected chi connectivity index (χ1v) is 5.03. The number of nitrogen functional groups attached to an aromatic ring is 1. The van der Waals surface area contributed by atoms with Crippen LogP contribution in [0.15, 0.2) is 18.3 Å². The van der Waals surface area contributed by atoms with Gasteiger partial charge >= 0.3 is 6.18 Å². The molecule has 0 aliphatic rings. The van der Waals surface area contributed by atoms with Gasteiger partial charge in [0, 0.05) is 5.39 Å². The third kappa shape index (κ3) is 2.48. The van der Waals surface area contributed by atoms with Gasteiger partial charge < -0.3 is 5.73 Å². The number of hydrogen-bond donors (Lipinski definition) is 1. The van der Waals surface area contributed by atoms with Crippen LogP contribution in [0.4, 0.5) is 19.0 Å². The molecule has 0 aliphatic heterocycles. The molecule has 2 N–H and O–H groups in total. The summed E-state index contributed by atoms with van der Waals surface area (Å²) in [5.74, 6) is 0.262. The average Bonchev–Trinajstić information content (AvgIpc) is 2.57. The van der Waals surface area contributed by atoms with Gasteiger partial charge in [-0.05, 0) is 19.1 Å². The summed E-state index contributed by atoms with van der Waals surface area (Å²) in [6.45, 7) is 1.45. The molecule has 0 spiro atoms. The third-order valence-electron chi connectivity index (χ3n) is 2.41. The molecule has 1 unspecified atom stereocenters. The quantitative estimate of drug-likeness (QED) is 0.883. The Morgan fingerprint density at radius 2 is 2.12 bits per heavy atom. The molecule has 0 amide bonds. The molecule has 2 aromatic heterocycles. The summed E-state index contributed by atoms with van der Waals surface area (Å²) in [7, 11) is 0.